The maximum absolute atomic E-state index is 5.86. The van der Waals surface area contributed by atoms with Crippen LogP contribution in [-0.4, -0.2) is 48.2 Å². The maximum atomic E-state index is 5.86. The molecule has 5 heteroatoms. The molecule has 0 radical (unpaired) electrons. The van der Waals surface area contributed by atoms with Gasteiger partial charge in [-0.1, -0.05) is 26.0 Å². The summed E-state index contributed by atoms with van der Waals surface area (Å²) in [4.78, 5) is 11.1. The number of rotatable bonds is 7. The van der Waals surface area contributed by atoms with Crippen LogP contribution in [-0.2, 0) is 0 Å². The Morgan fingerprint density at radius 1 is 1.15 bits per heavy atom. The van der Waals surface area contributed by atoms with Gasteiger partial charge in [0.05, 0.1) is 10.9 Å². The van der Waals surface area contributed by atoms with E-state index in [0.29, 0.717) is 18.4 Å². The van der Waals surface area contributed by atoms with Gasteiger partial charge in [0.15, 0.2) is 0 Å². The molecule has 0 aliphatic heterocycles. The van der Waals surface area contributed by atoms with Crippen LogP contribution in [0.15, 0.2) is 24.3 Å². The molecule has 0 saturated heterocycles. The molecule has 0 atom stereocenters. The lowest BCUT2D eigenvalue weighted by molar-refractivity contribution is 0.219. The third-order valence-corrected chi connectivity index (χ3v) is 3.33. The molecule has 0 aliphatic carbocycles. The smallest absolute Gasteiger partial charge is 0.226 e. The van der Waals surface area contributed by atoms with E-state index in [1.54, 1.807) is 0 Å². The topological polar surface area (TPSA) is 50.3 Å². The van der Waals surface area contributed by atoms with Crippen molar-refractivity contribution in [1.82, 2.24) is 14.9 Å². The van der Waals surface area contributed by atoms with E-state index in [-0.39, 0.29) is 0 Å². The summed E-state index contributed by atoms with van der Waals surface area (Å²) in [5, 5.41) is 3.92. The van der Waals surface area contributed by atoms with Gasteiger partial charge in [-0.05, 0) is 25.2 Å². The van der Waals surface area contributed by atoms with E-state index in [1.165, 1.54) is 0 Å². The molecule has 2 rings (SSSR count). The zero-order valence-corrected chi connectivity index (χ0v) is 12.4. The molecule has 1 heterocycles. The van der Waals surface area contributed by atoms with Crippen molar-refractivity contribution in [1.29, 1.82) is 0 Å². The molecule has 1 aromatic carbocycles. The Bertz CT molecular complexity index is 555. The van der Waals surface area contributed by atoms with Gasteiger partial charge in [0.1, 0.15) is 6.61 Å². The first kappa shape index (κ1) is 14.5. The number of nitrogens with zero attached hydrogens (tertiary/aromatic N) is 3. The van der Waals surface area contributed by atoms with Gasteiger partial charge in [-0.2, -0.15) is 4.98 Å². The van der Waals surface area contributed by atoms with Crippen molar-refractivity contribution < 1.29 is 4.74 Å². The molecular formula is C15H22N4O. The Morgan fingerprint density at radius 3 is 2.60 bits per heavy atom. The summed E-state index contributed by atoms with van der Waals surface area (Å²) < 4.78 is 5.86. The van der Waals surface area contributed by atoms with Gasteiger partial charge in [0, 0.05) is 13.6 Å². The molecule has 5 nitrogen and oxygen atoms in total. The predicted octanol–water partition coefficient (Wildman–Crippen LogP) is 2.39. The Balaban J connectivity index is 2.15. The fourth-order valence-electron chi connectivity index (χ4n) is 2.08. The molecular weight excluding hydrogens is 252 g/mol. The van der Waals surface area contributed by atoms with Crippen molar-refractivity contribution in [2.24, 2.45) is 0 Å². The standard InChI is InChI=1S/C15H22N4O/c1-4-19(5-2)10-11-20-14-12-8-6-7-9-13(12)17-15(16-3)18-14/h6-9H,4-5,10-11H2,1-3H3,(H,16,17,18). The number of ether oxygens (including phenoxy) is 1. The number of anilines is 1. The minimum absolute atomic E-state index is 0.585. The van der Waals surface area contributed by atoms with Gasteiger partial charge in [0.2, 0.25) is 11.8 Å². The molecule has 20 heavy (non-hydrogen) atoms. The van der Waals surface area contributed by atoms with Gasteiger partial charge in [-0.15, -0.1) is 0 Å². The molecule has 0 unspecified atom stereocenters. The van der Waals surface area contributed by atoms with Crippen LogP contribution in [0.5, 0.6) is 5.88 Å². The van der Waals surface area contributed by atoms with Crippen LogP contribution in [0.1, 0.15) is 13.8 Å². The number of hydrogen-bond donors (Lipinski definition) is 1. The molecule has 1 N–H and O–H groups in total. The highest BCUT2D eigenvalue weighted by Crippen LogP contribution is 2.23. The number of nitrogens with one attached hydrogen (secondary N) is 1. The molecule has 0 aliphatic rings. The Kier molecular flexibility index (Phi) is 5.12. The number of aromatic nitrogens is 2. The number of fused-ring (bicyclic) bond motifs is 1. The summed E-state index contributed by atoms with van der Waals surface area (Å²) in [6.45, 7) is 7.91. The highest BCUT2D eigenvalue weighted by Gasteiger charge is 2.08. The van der Waals surface area contributed by atoms with Crippen LogP contribution in [0.4, 0.5) is 5.95 Å². The molecule has 0 fully saturated rings. The lowest BCUT2D eigenvalue weighted by atomic mass is 10.2. The Morgan fingerprint density at radius 2 is 1.90 bits per heavy atom. The number of likely N-dealkylation sites (N-methyl/N-ethyl adjacent to an activating group) is 1. The molecule has 1 aromatic heterocycles. The van der Waals surface area contributed by atoms with Gasteiger partial charge >= 0.3 is 0 Å². The number of para-hydroxylation sites is 1. The quantitative estimate of drug-likeness (QED) is 0.840. The number of benzene rings is 1. The summed E-state index contributed by atoms with van der Waals surface area (Å²) >= 11 is 0. The minimum Gasteiger partial charge on any atom is -0.476 e. The van der Waals surface area contributed by atoms with E-state index in [2.05, 4.69) is 34.0 Å². The van der Waals surface area contributed by atoms with Crippen molar-refractivity contribution in [3.05, 3.63) is 24.3 Å². The van der Waals surface area contributed by atoms with E-state index in [0.717, 1.165) is 30.5 Å². The van der Waals surface area contributed by atoms with Crippen LogP contribution in [0, 0.1) is 0 Å². The van der Waals surface area contributed by atoms with Crippen LogP contribution in [0.3, 0.4) is 0 Å². The zero-order valence-electron chi connectivity index (χ0n) is 12.4. The average Bonchev–Trinajstić information content (AvgIpc) is 2.51. The molecule has 0 bridgehead atoms. The molecule has 108 valence electrons. The normalized spacial score (nSPS) is 11.0. The highest BCUT2D eigenvalue weighted by atomic mass is 16.5. The van der Waals surface area contributed by atoms with Crippen molar-refractivity contribution in [2.75, 3.05) is 38.6 Å². The third-order valence-electron chi connectivity index (χ3n) is 3.33. The minimum atomic E-state index is 0.585. The SMILES string of the molecule is CCN(CC)CCOc1nc(NC)nc2ccccc12. The van der Waals surface area contributed by atoms with Gasteiger partial charge in [0.25, 0.3) is 0 Å². The van der Waals surface area contributed by atoms with Crippen molar-refractivity contribution in [2.45, 2.75) is 13.8 Å². The van der Waals surface area contributed by atoms with E-state index in [9.17, 15) is 0 Å². The number of hydrogen-bond acceptors (Lipinski definition) is 5. The highest BCUT2D eigenvalue weighted by molar-refractivity contribution is 5.84. The summed E-state index contributed by atoms with van der Waals surface area (Å²) in [5.41, 5.74) is 0.893. The molecule has 2 aromatic rings. The van der Waals surface area contributed by atoms with Crippen LogP contribution in [0.25, 0.3) is 10.9 Å². The van der Waals surface area contributed by atoms with Gasteiger partial charge < -0.3 is 15.0 Å². The maximum Gasteiger partial charge on any atom is 0.226 e. The van der Waals surface area contributed by atoms with Crippen molar-refractivity contribution >= 4 is 16.9 Å². The van der Waals surface area contributed by atoms with Gasteiger partial charge in [-0.25, -0.2) is 4.98 Å². The van der Waals surface area contributed by atoms with E-state index < -0.39 is 0 Å². The van der Waals surface area contributed by atoms with E-state index in [1.807, 2.05) is 31.3 Å². The third kappa shape index (κ3) is 3.36. The first-order valence-electron chi connectivity index (χ1n) is 7.08. The fourth-order valence-corrected chi connectivity index (χ4v) is 2.08. The molecule has 0 spiro atoms. The fraction of sp³-hybridized carbons (Fsp3) is 0.467. The summed E-state index contributed by atoms with van der Waals surface area (Å²) in [6, 6.07) is 7.90. The second kappa shape index (κ2) is 7.05. The molecule has 0 saturated carbocycles. The van der Waals surface area contributed by atoms with Crippen LogP contribution in [0.2, 0.25) is 0 Å². The second-order valence-corrected chi connectivity index (χ2v) is 4.49. The average molecular weight is 274 g/mol. The second-order valence-electron chi connectivity index (χ2n) is 4.49. The lowest BCUT2D eigenvalue weighted by Crippen LogP contribution is -2.28. The predicted molar refractivity (Wildman–Crippen MR) is 82.4 cm³/mol. The van der Waals surface area contributed by atoms with E-state index >= 15 is 0 Å². The largest absolute Gasteiger partial charge is 0.476 e. The van der Waals surface area contributed by atoms with Crippen molar-refractivity contribution in [3.8, 4) is 5.88 Å². The first-order chi connectivity index (χ1) is 9.78. The Labute approximate surface area is 120 Å². The monoisotopic (exact) mass is 274 g/mol. The van der Waals surface area contributed by atoms with Gasteiger partial charge in [-0.3, -0.25) is 0 Å². The summed E-state index contributed by atoms with van der Waals surface area (Å²) in [5.74, 6) is 1.23. The summed E-state index contributed by atoms with van der Waals surface area (Å²) in [7, 11) is 1.81. The van der Waals surface area contributed by atoms with Crippen molar-refractivity contribution in [3.63, 3.8) is 0 Å². The summed E-state index contributed by atoms with van der Waals surface area (Å²) in [6.07, 6.45) is 0. The zero-order chi connectivity index (χ0) is 14.4. The Hall–Kier alpha value is -1.88. The lowest BCUT2D eigenvalue weighted by Gasteiger charge is -2.18. The van der Waals surface area contributed by atoms with E-state index in [4.69, 9.17) is 4.74 Å². The van der Waals surface area contributed by atoms with Crippen LogP contribution >= 0.6 is 0 Å². The first-order valence-corrected chi connectivity index (χ1v) is 7.08. The molecule has 0 amide bonds. The van der Waals surface area contributed by atoms with Crippen LogP contribution < -0.4 is 10.1 Å².